The summed E-state index contributed by atoms with van der Waals surface area (Å²) in [5.74, 6) is 1.01. The van der Waals surface area contributed by atoms with Crippen LogP contribution in [0.25, 0.3) is 11.0 Å². The summed E-state index contributed by atoms with van der Waals surface area (Å²) in [7, 11) is -3.52. The number of anilines is 1. The molecule has 10 heteroatoms. The zero-order valence-corrected chi connectivity index (χ0v) is 24.1. The van der Waals surface area contributed by atoms with E-state index in [-0.39, 0.29) is 5.91 Å². The van der Waals surface area contributed by atoms with Crippen LogP contribution in [0.1, 0.15) is 50.9 Å². The maximum Gasteiger partial charge on any atom is 0.232 e. The van der Waals surface area contributed by atoms with Crippen molar-refractivity contribution in [3.8, 4) is 0 Å². The summed E-state index contributed by atoms with van der Waals surface area (Å²) < 4.78 is 27.0. The monoisotopic (exact) mass is 559 g/mol. The van der Waals surface area contributed by atoms with Gasteiger partial charge in [0.05, 0.1) is 23.0 Å². The van der Waals surface area contributed by atoms with Crippen LogP contribution in [0.2, 0.25) is 5.02 Å². The number of carbonyl (C=O) groups is 1. The molecule has 0 saturated carbocycles. The molecule has 0 saturated heterocycles. The maximum atomic E-state index is 13.5. The van der Waals surface area contributed by atoms with Crippen molar-refractivity contribution in [1.82, 2.24) is 19.8 Å². The van der Waals surface area contributed by atoms with Gasteiger partial charge in [-0.15, -0.1) is 0 Å². The number of aromatic amines is 1. The fraction of sp³-hybridized carbons (Fsp3) is 0.500. The Morgan fingerprint density at radius 3 is 2.61 bits per heavy atom. The van der Waals surface area contributed by atoms with Crippen LogP contribution in [0.5, 0.6) is 0 Å². The molecule has 0 radical (unpaired) electrons. The fourth-order valence-corrected chi connectivity index (χ4v) is 6.17. The molecule has 1 N–H and O–H groups in total. The molecule has 206 valence electrons. The van der Waals surface area contributed by atoms with Crippen LogP contribution in [0.15, 0.2) is 42.5 Å². The molecule has 3 aromatic rings. The second-order valence-electron chi connectivity index (χ2n) is 10.3. The third kappa shape index (κ3) is 7.27. The summed E-state index contributed by atoms with van der Waals surface area (Å²) >= 11 is 6.30. The molecule has 38 heavy (non-hydrogen) atoms. The number of benzene rings is 2. The number of amides is 1. The number of para-hydroxylation sites is 2. The van der Waals surface area contributed by atoms with E-state index in [4.69, 9.17) is 11.6 Å². The Balaban J connectivity index is 1.49. The number of hydrogen-bond donors (Lipinski definition) is 1. The smallest absolute Gasteiger partial charge is 0.232 e. The van der Waals surface area contributed by atoms with Crippen molar-refractivity contribution >= 4 is 44.3 Å². The van der Waals surface area contributed by atoms with Crippen LogP contribution in [0, 0.1) is 0 Å². The van der Waals surface area contributed by atoms with Crippen molar-refractivity contribution in [3.05, 3.63) is 58.9 Å². The van der Waals surface area contributed by atoms with Gasteiger partial charge in [0, 0.05) is 56.6 Å². The third-order valence-corrected chi connectivity index (χ3v) is 8.53. The molecule has 1 amide bonds. The fourth-order valence-electron chi connectivity index (χ4n) is 5.01. The second kappa shape index (κ2) is 12.5. The molecular weight excluding hydrogens is 522 g/mol. The number of aryl methyl sites for hydroxylation is 1. The normalized spacial score (nSPS) is 16.0. The van der Waals surface area contributed by atoms with Gasteiger partial charge in [-0.25, -0.2) is 13.4 Å². The highest BCUT2D eigenvalue weighted by Gasteiger charge is 2.25. The number of aromatic nitrogens is 2. The number of unbranched alkanes of at least 4 members (excludes halogenated alkanes) is 1. The Labute approximate surface area is 231 Å². The lowest BCUT2D eigenvalue weighted by Gasteiger charge is -2.30. The Bertz CT molecular complexity index is 1320. The van der Waals surface area contributed by atoms with Gasteiger partial charge in [0.1, 0.15) is 5.82 Å². The number of nitrogens with one attached hydrogen (secondary N) is 1. The first-order valence-corrected chi connectivity index (χ1v) is 15.6. The third-order valence-electron chi connectivity index (χ3n) is 7.12. The molecular formula is C28H38ClN5O3S. The number of fused-ring (bicyclic) bond motifs is 2. The van der Waals surface area contributed by atoms with E-state index in [1.165, 1.54) is 10.6 Å². The van der Waals surface area contributed by atoms with Crippen molar-refractivity contribution in [2.75, 3.05) is 36.7 Å². The molecule has 0 spiro atoms. The van der Waals surface area contributed by atoms with Gasteiger partial charge in [-0.1, -0.05) is 29.8 Å². The van der Waals surface area contributed by atoms with Crippen molar-refractivity contribution in [1.29, 1.82) is 0 Å². The minimum absolute atomic E-state index is 0.0735. The van der Waals surface area contributed by atoms with E-state index < -0.39 is 10.0 Å². The van der Waals surface area contributed by atoms with E-state index >= 15 is 0 Å². The molecule has 0 fully saturated rings. The van der Waals surface area contributed by atoms with E-state index in [0.717, 1.165) is 54.8 Å². The van der Waals surface area contributed by atoms with E-state index in [1.54, 1.807) is 12.1 Å². The number of halogens is 1. The highest BCUT2D eigenvalue weighted by atomic mass is 35.5. The minimum atomic E-state index is -3.52. The van der Waals surface area contributed by atoms with Gasteiger partial charge < -0.3 is 9.88 Å². The predicted molar refractivity (Wildman–Crippen MR) is 154 cm³/mol. The Hall–Kier alpha value is -2.62. The molecule has 1 aromatic heterocycles. The standard InChI is InChI=1S/C28H38ClN5O3S/c1-21(2)32-15-8-16-34(38(3,36)37)26-19-23(29)14-13-22(26)20-33(18-17-32)28(35)12-7-6-11-27-30-24-9-4-5-10-25(24)31-27/h4-5,9-10,13-14,19,21H,6-8,11-12,15-18,20H2,1-3H3,(H,30,31). The van der Waals surface area contributed by atoms with Gasteiger partial charge in [0.2, 0.25) is 15.9 Å². The first kappa shape index (κ1) is 28.4. The Morgan fingerprint density at radius 2 is 1.87 bits per heavy atom. The lowest BCUT2D eigenvalue weighted by molar-refractivity contribution is -0.132. The lowest BCUT2D eigenvalue weighted by Crippen LogP contribution is -2.41. The summed E-state index contributed by atoms with van der Waals surface area (Å²) in [6, 6.07) is 13.6. The summed E-state index contributed by atoms with van der Waals surface area (Å²) in [5.41, 5.74) is 3.33. The number of sulfonamides is 1. The first-order chi connectivity index (χ1) is 18.1. The number of rotatable bonds is 7. The second-order valence-corrected chi connectivity index (χ2v) is 12.7. The number of H-pyrrole nitrogens is 1. The molecule has 8 nitrogen and oxygen atoms in total. The summed E-state index contributed by atoms with van der Waals surface area (Å²) in [5, 5.41) is 0.472. The largest absolute Gasteiger partial charge is 0.342 e. The van der Waals surface area contributed by atoms with Crippen LogP contribution >= 0.6 is 11.6 Å². The van der Waals surface area contributed by atoms with Crippen LogP contribution in [-0.2, 0) is 27.8 Å². The van der Waals surface area contributed by atoms with Crippen molar-refractivity contribution in [3.63, 3.8) is 0 Å². The molecule has 0 atom stereocenters. The van der Waals surface area contributed by atoms with E-state index in [2.05, 4.69) is 28.7 Å². The summed E-state index contributed by atoms with van der Waals surface area (Å²) in [6.07, 6.45) is 4.73. The molecule has 0 bridgehead atoms. The number of imidazole rings is 1. The van der Waals surface area contributed by atoms with Crippen LogP contribution in [-0.4, -0.2) is 72.6 Å². The highest BCUT2D eigenvalue weighted by Crippen LogP contribution is 2.29. The Morgan fingerprint density at radius 1 is 1.08 bits per heavy atom. The molecule has 1 aliphatic rings. The number of carbonyl (C=O) groups excluding carboxylic acids is 1. The lowest BCUT2D eigenvalue weighted by atomic mass is 10.1. The van der Waals surface area contributed by atoms with Crippen LogP contribution < -0.4 is 4.31 Å². The van der Waals surface area contributed by atoms with Gasteiger partial charge in [0.15, 0.2) is 0 Å². The first-order valence-electron chi connectivity index (χ1n) is 13.3. The van der Waals surface area contributed by atoms with Gasteiger partial charge >= 0.3 is 0 Å². The van der Waals surface area contributed by atoms with E-state index in [9.17, 15) is 13.2 Å². The molecule has 2 heterocycles. The minimum Gasteiger partial charge on any atom is -0.342 e. The topological polar surface area (TPSA) is 89.6 Å². The van der Waals surface area contributed by atoms with E-state index in [0.29, 0.717) is 49.2 Å². The SMILES string of the molecule is CC(C)N1CCCN(S(C)(=O)=O)c2cc(Cl)ccc2CN(C(=O)CCCCc2nc3ccccc3[nH]2)CC1. The zero-order valence-electron chi connectivity index (χ0n) is 22.5. The van der Waals surface area contributed by atoms with Crippen molar-refractivity contribution < 1.29 is 13.2 Å². The maximum absolute atomic E-state index is 13.5. The van der Waals surface area contributed by atoms with Crippen molar-refractivity contribution in [2.24, 2.45) is 0 Å². The van der Waals surface area contributed by atoms with Gasteiger partial charge in [-0.05, 0) is 62.9 Å². The van der Waals surface area contributed by atoms with Crippen LogP contribution in [0.4, 0.5) is 5.69 Å². The summed E-state index contributed by atoms with van der Waals surface area (Å²) in [6.45, 7) is 7.04. The molecule has 4 rings (SSSR count). The average Bonchev–Trinajstić information content (AvgIpc) is 3.26. The molecule has 1 aliphatic heterocycles. The Kier molecular flexibility index (Phi) is 9.33. The predicted octanol–water partition coefficient (Wildman–Crippen LogP) is 4.84. The van der Waals surface area contributed by atoms with Crippen LogP contribution in [0.3, 0.4) is 0 Å². The van der Waals surface area contributed by atoms with Gasteiger partial charge in [0.25, 0.3) is 0 Å². The highest BCUT2D eigenvalue weighted by molar-refractivity contribution is 7.92. The quantitative estimate of drug-likeness (QED) is 0.418. The van der Waals surface area contributed by atoms with Crippen molar-refractivity contribution in [2.45, 2.75) is 58.5 Å². The van der Waals surface area contributed by atoms with Gasteiger partial charge in [-0.2, -0.15) is 0 Å². The molecule has 0 aliphatic carbocycles. The molecule has 2 aromatic carbocycles. The number of hydrogen-bond acceptors (Lipinski definition) is 5. The zero-order chi connectivity index (χ0) is 27.3. The summed E-state index contributed by atoms with van der Waals surface area (Å²) in [4.78, 5) is 25.6. The van der Waals surface area contributed by atoms with Gasteiger partial charge in [-0.3, -0.25) is 14.0 Å². The van der Waals surface area contributed by atoms with E-state index in [1.807, 2.05) is 35.2 Å². The molecule has 0 unspecified atom stereocenters. The number of nitrogens with zero attached hydrogens (tertiary/aromatic N) is 4. The average molecular weight is 560 g/mol.